The summed E-state index contributed by atoms with van der Waals surface area (Å²) in [6, 6.07) is 7.92. The zero-order chi connectivity index (χ0) is 14.4. The van der Waals surface area contributed by atoms with Crippen LogP contribution in [0.15, 0.2) is 28.7 Å². The van der Waals surface area contributed by atoms with Gasteiger partial charge in [-0.05, 0) is 40.9 Å². The SMILES string of the molecule is COC(=O)C1(Nc2ccccc2Br)CCCCCCC1. The molecule has 110 valence electrons. The molecule has 1 aliphatic carbocycles. The Balaban J connectivity index is 2.26. The number of carbonyl (C=O) groups is 1. The van der Waals surface area contributed by atoms with E-state index < -0.39 is 5.54 Å². The molecule has 0 heterocycles. The topological polar surface area (TPSA) is 38.3 Å². The van der Waals surface area contributed by atoms with Crippen LogP contribution in [0.25, 0.3) is 0 Å². The number of rotatable bonds is 3. The molecule has 1 aromatic rings. The first-order valence-electron chi connectivity index (χ1n) is 7.29. The summed E-state index contributed by atoms with van der Waals surface area (Å²) in [5.74, 6) is -0.143. The molecule has 3 nitrogen and oxygen atoms in total. The van der Waals surface area contributed by atoms with E-state index in [1.165, 1.54) is 26.4 Å². The summed E-state index contributed by atoms with van der Waals surface area (Å²) < 4.78 is 6.06. The number of halogens is 1. The third-order valence-corrected chi connectivity index (χ3v) is 4.72. The Hall–Kier alpha value is -1.03. The van der Waals surface area contributed by atoms with Gasteiger partial charge in [-0.2, -0.15) is 0 Å². The van der Waals surface area contributed by atoms with E-state index in [0.717, 1.165) is 35.8 Å². The zero-order valence-electron chi connectivity index (χ0n) is 12.0. The summed E-state index contributed by atoms with van der Waals surface area (Å²) >= 11 is 3.54. The van der Waals surface area contributed by atoms with Crippen LogP contribution < -0.4 is 5.32 Å². The number of ether oxygens (including phenoxy) is 1. The Kier molecular flexibility index (Phi) is 5.46. The van der Waals surface area contributed by atoms with Crippen LogP contribution in [0, 0.1) is 0 Å². The lowest BCUT2D eigenvalue weighted by Crippen LogP contribution is -2.47. The average molecular weight is 340 g/mol. The van der Waals surface area contributed by atoms with Gasteiger partial charge in [-0.3, -0.25) is 0 Å². The van der Waals surface area contributed by atoms with Crippen LogP contribution in [0.2, 0.25) is 0 Å². The zero-order valence-corrected chi connectivity index (χ0v) is 13.5. The first-order chi connectivity index (χ1) is 9.68. The fourth-order valence-corrected chi connectivity index (χ4v) is 3.29. The van der Waals surface area contributed by atoms with Crippen molar-refractivity contribution in [2.45, 2.75) is 50.5 Å². The number of anilines is 1. The highest BCUT2D eigenvalue weighted by Crippen LogP contribution is 2.33. The number of nitrogens with one attached hydrogen (secondary N) is 1. The van der Waals surface area contributed by atoms with Crippen LogP contribution in [-0.4, -0.2) is 18.6 Å². The quantitative estimate of drug-likeness (QED) is 0.823. The molecule has 0 aliphatic heterocycles. The first-order valence-corrected chi connectivity index (χ1v) is 8.08. The molecule has 1 saturated carbocycles. The van der Waals surface area contributed by atoms with Gasteiger partial charge in [-0.1, -0.05) is 44.2 Å². The fourth-order valence-electron chi connectivity index (χ4n) is 2.90. The number of esters is 1. The second-order valence-corrected chi connectivity index (χ2v) is 6.30. The van der Waals surface area contributed by atoms with E-state index in [2.05, 4.69) is 21.2 Å². The summed E-state index contributed by atoms with van der Waals surface area (Å²) in [5.41, 5.74) is 0.373. The molecular weight excluding hydrogens is 318 g/mol. The van der Waals surface area contributed by atoms with Crippen molar-refractivity contribution >= 4 is 27.6 Å². The van der Waals surface area contributed by atoms with Crippen molar-refractivity contribution < 1.29 is 9.53 Å². The maximum absolute atomic E-state index is 12.4. The number of methoxy groups -OCH3 is 1. The van der Waals surface area contributed by atoms with Gasteiger partial charge in [-0.15, -0.1) is 0 Å². The maximum atomic E-state index is 12.4. The minimum atomic E-state index is -0.584. The molecule has 0 spiro atoms. The molecule has 2 rings (SSSR count). The molecule has 0 aromatic heterocycles. The van der Waals surface area contributed by atoms with Crippen molar-refractivity contribution in [3.63, 3.8) is 0 Å². The van der Waals surface area contributed by atoms with Crippen LogP contribution in [0.4, 0.5) is 5.69 Å². The number of hydrogen-bond acceptors (Lipinski definition) is 3. The van der Waals surface area contributed by atoms with E-state index in [1.807, 2.05) is 24.3 Å². The Morgan fingerprint density at radius 1 is 1.15 bits per heavy atom. The second kappa shape index (κ2) is 7.11. The smallest absolute Gasteiger partial charge is 0.331 e. The molecule has 1 aromatic carbocycles. The Morgan fingerprint density at radius 3 is 2.35 bits per heavy atom. The predicted octanol–water partition coefficient (Wildman–Crippen LogP) is 4.52. The largest absolute Gasteiger partial charge is 0.467 e. The molecule has 1 N–H and O–H groups in total. The molecule has 20 heavy (non-hydrogen) atoms. The summed E-state index contributed by atoms with van der Waals surface area (Å²) in [6.45, 7) is 0. The minimum Gasteiger partial charge on any atom is -0.467 e. The van der Waals surface area contributed by atoms with E-state index in [-0.39, 0.29) is 5.97 Å². The van der Waals surface area contributed by atoms with Crippen LogP contribution >= 0.6 is 15.9 Å². The van der Waals surface area contributed by atoms with Gasteiger partial charge in [0.15, 0.2) is 0 Å². The lowest BCUT2D eigenvalue weighted by atomic mass is 9.83. The standard InChI is InChI=1S/C16H22BrNO2/c1-20-15(19)16(11-7-3-2-4-8-12-16)18-14-10-6-5-9-13(14)17/h5-6,9-10,18H,2-4,7-8,11-12H2,1H3. The Labute approximate surface area is 129 Å². The Morgan fingerprint density at radius 2 is 1.75 bits per heavy atom. The van der Waals surface area contributed by atoms with Crippen LogP contribution in [0.3, 0.4) is 0 Å². The van der Waals surface area contributed by atoms with Gasteiger partial charge in [0.05, 0.1) is 7.11 Å². The van der Waals surface area contributed by atoms with Crippen molar-refractivity contribution in [3.8, 4) is 0 Å². The molecule has 0 amide bonds. The minimum absolute atomic E-state index is 0.143. The molecule has 1 fully saturated rings. The summed E-state index contributed by atoms with van der Waals surface area (Å²) in [7, 11) is 1.48. The van der Waals surface area contributed by atoms with Crippen LogP contribution in [-0.2, 0) is 9.53 Å². The summed E-state index contributed by atoms with van der Waals surface area (Å²) in [6.07, 6.45) is 7.44. The van der Waals surface area contributed by atoms with Gasteiger partial charge < -0.3 is 10.1 Å². The molecule has 0 radical (unpaired) electrons. The highest BCUT2D eigenvalue weighted by molar-refractivity contribution is 9.10. The van der Waals surface area contributed by atoms with Gasteiger partial charge in [-0.25, -0.2) is 4.79 Å². The van der Waals surface area contributed by atoms with E-state index in [0.29, 0.717) is 0 Å². The fraction of sp³-hybridized carbons (Fsp3) is 0.562. The normalized spacial score (nSPS) is 18.7. The Bertz CT molecular complexity index is 454. The van der Waals surface area contributed by atoms with E-state index >= 15 is 0 Å². The molecule has 0 atom stereocenters. The van der Waals surface area contributed by atoms with Crippen molar-refractivity contribution in [2.24, 2.45) is 0 Å². The second-order valence-electron chi connectivity index (χ2n) is 5.45. The van der Waals surface area contributed by atoms with E-state index in [1.54, 1.807) is 0 Å². The van der Waals surface area contributed by atoms with Crippen molar-refractivity contribution in [3.05, 3.63) is 28.7 Å². The molecule has 0 unspecified atom stereocenters. The van der Waals surface area contributed by atoms with Crippen molar-refractivity contribution in [1.82, 2.24) is 0 Å². The first kappa shape index (κ1) is 15.4. The molecule has 1 aliphatic rings. The lowest BCUT2D eigenvalue weighted by molar-refractivity contribution is -0.146. The highest BCUT2D eigenvalue weighted by Gasteiger charge is 2.39. The molecular formula is C16H22BrNO2. The monoisotopic (exact) mass is 339 g/mol. The predicted molar refractivity (Wildman–Crippen MR) is 84.8 cm³/mol. The van der Waals surface area contributed by atoms with Gasteiger partial charge in [0.2, 0.25) is 0 Å². The lowest BCUT2D eigenvalue weighted by Gasteiger charge is -2.34. The van der Waals surface area contributed by atoms with Gasteiger partial charge in [0.25, 0.3) is 0 Å². The van der Waals surface area contributed by atoms with E-state index in [9.17, 15) is 4.79 Å². The van der Waals surface area contributed by atoms with Crippen molar-refractivity contribution in [2.75, 3.05) is 12.4 Å². The van der Waals surface area contributed by atoms with Crippen LogP contribution in [0.1, 0.15) is 44.9 Å². The molecule has 0 bridgehead atoms. The van der Waals surface area contributed by atoms with Gasteiger partial charge in [0.1, 0.15) is 5.54 Å². The molecule has 4 heteroatoms. The maximum Gasteiger partial charge on any atom is 0.331 e. The molecule has 0 saturated heterocycles. The van der Waals surface area contributed by atoms with Gasteiger partial charge in [0, 0.05) is 10.2 Å². The third kappa shape index (κ3) is 3.54. The van der Waals surface area contributed by atoms with Gasteiger partial charge >= 0.3 is 5.97 Å². The van der Waals surface area contributed by atoms with Crippen LogP contribution in [0.5, 0.6) is 0 Å². The van der Waals surface area contributed by atoms with E-state index in [4.69, 9.17) is 4.74 Å². The average Bonchev–Trinajstić information content (AvgIpc) is 2.43. The summed E-state index contributed by atoms with van der Waals surface area (Å²) in [4.78, 5) is 12.4. The number of para-hydroxylation sites is 1. The summed E-state index contributed by atoms with van der Waals surface area (Å²) in [5, 5.41) is 3.46. The highest BCUT2D eigenvalue weighted by atomic mass is 79.9. The van der Waals surface area contributed by atoms with Crippen molar-refractivity contribution in [1.29, 1.82) is 0 Å². The number of carbonyl (C=O) groups excluding carboxylic acids is 1. The number of hydrogen-bond donors (Lipinski definition) is 1. The third-order valence-electron chi connectivity index (χ3n) is 4.03. The number of benzene rings is 1.